The molecule has 0 aliphatic carbocycles. The second-order valence-corrected chi connectivity index (χ2v) is 15.7. The van der Waals surface area contributed by atoms with Crippen molar-refractivity contribution in [2.24, 2.45) is 16.9 Å². The molecule has 1 saturated heterocycles. The van der Waals surface area contributed by atoms with Crippen molar-refractivity contribution < 1.29 is 29.0 Å². The summed E-state index contributed by atoms with van der Waals surface area (Å²) in [5, 5.41) is 16.4. The van der Waals surface area contributed by atoms with Gasteiger partial charge in [0.25, 0.3) is 0 Å². The highest BCUT2D eigenvalue weighted by Gasteiger charge is 2.44. The first-order valence-corrected chi connectivity index (χ1v) is 19.0. The molecule has 7 N–H and O–H groups in total. The van der Waals surface area contributed by atoms with Crippen molar-refractivity contribution in [3.63, 3.8) is 0 Å². The number of ether oxygens (including phenoxy) is 1. The molecule has 0 radical (unpaired) electrons. The number of allylic oxidation sites excluding steroid dienone is 1. The van der Waals surface area contributed by atoms with E-state index in [2.05, 4.69) is 15.6 Å². The van der Waals surface area contributed by atoms with Crippen molar-refractivity contribution in [3.8, 4) is 10.4 Å². The molecule has 0 spiro atoms. The van der Waals surface area contributed by atoms with Crippen LogP contribution in [-0.2, 0) is 37.1 Å². The van der Waals surface area contributed by atoms with Gasteiger partial charge in [-0.3, -0.25) is 19.2 Å². The number of thiazole rings is 1. The van der Waals surface area contributed by atoms with Crippen LogP contribution in [0.4, 0.5) is 0 Å². The molecule has 1 aromatic heterocycles. The van der Waals surface area contributed by atoms with Gasteiger partial charge in [-0.1, -0.05) is 81.5 Å². The van der Waals surface area contributed by atoms with E-state index in [4.69, 9.17) is 16.2 Å². The Morgan fingerprint density at radius 2 is 1.74 bits per heavy atom. The van der Waals surface area contributed by atoms with Gasteiger partial charge in [0.2, 0.25) is 23.6 Å². The molecule has 0 bridgehead atoms. The third-order valence-electron chi connectivity index (χ3n) is 9.38. The maximum Gasteiger partial charge on any atom is 0.246 e. The van der Waals surface area contributed by atoms with Crippen LogP contribution in [0.15, 0.2) is 60.1 Å². The summed E-state index contributed by atoms with van der Waals surface area (Å²) in [6.07, 6.45) is 4.21. The van der Waals surface area contributed by atoms with Crippen molar-refractivity contribution in [1.29, 1.82) is 0 Å². The van der Waals surface area contributed by atoms with E-state index >= 15 is 0 Å². The fourth-order valence-electron chi connectivity index (χ4n) is 6.07. The number of aromatic nitrogens is 1. The van der Waals surface area contributed by atoms with E-state index in [-0.39, 0.29) is 74.6 Å². The third-order valence-corrected chi connectivity index (χ3v) is 10.4. The standard InChI is InChI=1S/C40H54N6O6S.ClH/c1-25-36(53-24-44-25)30-16-14-28(15-17-30)21-43-38(50)33-20-31(47)22-46(33)39(51)37(40(3,4)5)45-35(49)9-7-6-8-27-10-12-29(13-11-27)23-52-26(2)32(41)18-19-34(42)48;/h6,8,10-17,24,26,31-33,37,47H,7,9,18-23,41H2,1-5H3,(H2,42,48)(H,43,50)(H,45,49);1H/b8-6+;/t26-,31-,32+,33+,37-;/m1./s1. The number of nitrogens with one attached hydrogen (secondary N) is 2. The second kappa shape index (κ2) is 20.5. The van der Waals surface area contributed by atoms with Crippen LogP contribution in [0.1, 0.15) is 82.2 Å². The van der Waals surface area contributed by atoms with Gasteiger partial charge in [-0.15, -0.1) is 23.7 Å². The lowest BCUT2D eigenvalue weighted by molar-refractivity contribution is -0.144. The summed E-state index contributed by atoms with van der Waals surface area (Å²) in [4.78, 5) is 58.2. The number of hydrogen-bond acceptors (Lipinski definition) is 9. The van der Waals surface area contributed by atoms with Crippen LogP contribution in [0.3, 0.4) is 0 Å². The minimum atomic E-state index is -0.891. The number of nitrogens with zero attached hydrogens (tertiary/aromatic N) is 2. The number of primary amides is 1. The van der Waals surface area contributed by atoms with Crippen molar-refractivity contribution >= 4 is 53.4 Å². The van der Waals surface area contributed by atoms with Crippen molar-refractivity contribution in [3.05, 3.63) is 82.5 Å². The molecule has 5 atom stereocenters. The molecule has 12 nitrogen and oxygen atoms in total. The summed E-state index contributed by atoms with van der Waals surface area (Å²) in [5.74, 6) is -1.41. The quantitative estimate of drug-likeness (QED) is 0.131. The average molecular weight is 783 g/mol. The summed E-state index contributed by atoms with van der Waals surface area (Å²) in [6, 6.07) is 13.7. The molecule has 2 aromatic carbocycles. The van der Waals surface area contributed by atoms with Crippen molar-refractivity contribution in [1.82, 2.24) is 20.5 Å². The Morgan fingerprint density at radius 3 is 2.35 bits per heavy atom. The smallest absolute Gasteiger partial charge is 0.246 e. The van der Waals surface area contributed by atoms with Gasteiger partial charge in [-0.25, -0.2) is 4.98 Å². The van der Waals surface area contributed by atoms with E-state index < -0.39 is 29.5 Å². The number of halogens is 1. The minimum absolute atomic E-state index is 0. The number of benzene rings is 2. The monoisotopic (exact) mass is 782 g/mol. The van der Waals surface area contributed by atoms with E-state index in [1.807, 2.05) is 101 Å². The number of aliphatic hydroxyl groups is 1. The lowest BCUT2D eigenvalue weighted by Crippen LogP contribution is -2.57. The van der Waals surface area contributed by atoms with E-state index in [9.17, 15) is 24.3 Å². The molecule has 1 aliphatic heterocycles. The zero-order valence-corrected chi connectivity index (χ0v) is 33.4. The number of rotatable bonds is 17. The van der Waals surface area contributed by atoms with Gasteiger partial charge in [0, 0.05) is 38.4 Å². The van der Waals surface area contributed by atoms with Gasteiger partial charge < -0.3 is 36.8 Å². The van der Waals surface area contributed by atoms with Crippen LogP contribution < -0.4 is 22.1 Å². The van der Waals surface area contributed by atoms with Crippen LogP contribution in [-0.4, -0.2) is 75.5 Å². The Labute approximate surface area is 328 Å². The Balaban J connectivity index is 0.00000784. The first-order chi connectivity index (χ1) is 25.1. The third kappa shape index (κ3) is 13.0. The first kappa shape index (κ1) is 44.3. The topological polar surface area (TPSA) is 190 Å². The van der Waals surface area contributed by atoms with Crippen molar-refractivity contribution in [2.75, 3.05) is 6.54 Å². The highest BCUT2D eigenvalue weighted by Crippen LogP contribution is 2.28. The summed E-state index contributed by atoms with van der Waals surface area (Å²) < 4.78 is 5.86. The van der Waals surface area contributed by atoms with Crippen LogP contribution in [0.25, 0.3) is 16.5 Å². The highest BCUT2D eigenvalue weighted by atomic mass is 35.5. The van der Waals surface area contributed by atoms with Crippen LogP contribution in [0.2, 0.25) is 0 Å². The van der Waals surface area contributed by atoms with E-state index in [1.165, 1.54) is 4.90 Å². The lowest BCUT2D eigenvalue weighted by atomic mass is 9.85. The van der Waals surface area contributed by atoms with Gasteiger partial charge in [0.1, 0.15) is 12.1 Å². The Morgan fingerprint density at radius 1 is 1.07 bits per heavy atom. The summed E-state index contributed by atoms with van der Waals surface area (Å²) in [5.41, 5.74) is 17.3. The maximum absolute atomic E-state index is 13.9. The Bertz CT molecular complexity index is 1730. The molecular formula is C40H55ClN6O6S. The molecule has 1 fully saturated rings. The van der Waals surface area contributed by atoms with Gasteiger partial charge >= 0.3 is 0 Å². The molecule has 0 unspecified atom stereocenters. The van der Waals surface area contributed by atoms with Gasteiger partial charge in [-0.2, -0.15) is 0 Å². The van der Waals surface area contributed by atoms with Crippen LogP contribution >= 0.6 is 23.7 Å². The first-order valence-electron chi connectivity index (χ1n) is 18.1. The second-order valence-electron chi connectivity index (χ2n) is 14.8. The summed E-state index contributed by atoms with van der Waals surface area (Å²) in [7, 11) is 0. The number of aryl methyl sites for hydroxylation is 1. The molecule has 14 heteroatoms. The molecule has 1 aliphatic rings. The largest absolute Gasteiger partial charge is 0.391 e. The Hall–Kier alpha value is -4.14. The number of aliphatic hydroxyl groups excluding tert-OH is 1. The van der Waals surface area contributed by atoms with Crippen LogP contribution in [0, 0.1) is 12.3 Å². The summed E-state index contributed by atoms with van der Waals surface area (Å²) in [6.45, 7) is 10.1. The molecule has 0 saturated carbocycles. The lowest BCUT2D eigenvalue weighted by Gasteiger charge is -2.35. The molecule has 3 aromatic rings. The summed E-state index contributed by atoms with van der Waals surface area (Å²) >= 11 is 1.58. The number of carbonyl (C=O) groups excluding carboxylic acids is 4. The average Bonchev–Trinajstić information content (AvgIpc) is 3.74. The normalized spacial score (nSPS) is 17.4. The maximum atomic E-state index is 13.9. The molecule has 4 rings (SSSR count). The Kier molecular flexibility index (Phi) is 16.8. The minimum Gasteiger partial charge on any atom is -0.391 e. The molecule has 2 heterocycles. The number of nitrogens with two attached hydrogens (primary N) is 2. The predicted octanol–water partition coefficient (Wildman–Crippen LogP) is 4.64. The fourth-order valence-corrected chi connectivity index (χ4v) is 6.88. The van der Waals surface area contributed by atoms with E-state index in [0.717, 1.165) is 32.8 Å². The SMILES string of the molecule is Cc1ncsc1-c1ccc(CNC(=O)[C@@H]2C[C@@H](O)CN2C(=O)[C@@H](NC(=O)CC/C=C/c2ccc(CO[C@H](C)[C@@H](N)CCC(N)=O)cc2)C(C)(C)C)cc1.Cl. The fraction of sp³-hybridized carbons (Fsp3) is 0.475. The van der Waals surface area contributed by atoms with Gasteiger partial charge in [-0.05, 0) is 54.4 Å². The highest BCUT2D eigenvalue weighted by molar-refractivity contribution is 7.13. The van der Waals surface area contributed by atoms with Crippen LogP contribution in [0.5, 0.6) is 0 Å². The number of β-amino-alcohol motifs (C(OH)–C–C–N with tert-alkyl or cyclic N) is 1. The van der Waals surface area contributed by atoms with Gasteiger partial charge in [0.15, 0.2) is 0 Å². The van der Waals surface area contributed by atoms with E-state index in [0.29, 0.717) is 19.4 Å². The zero-order valence-electron chi connectivity index (χ0n) is 31.7. The number of likely N-dealkylation sites (tertiary alicyclic amines) is 1. The number of hydrogen-bond donors (Lipinski definition) is 5. The molecule has 54 heavy (non-hydrogen) atoms. The molecule has 294 valence electrons. The molecule has 4 amide bonds. The van der Waals surface area contributed by atoms with Gasteiger partial charge in [0.05, 0.1) is 34.9 Å². The van der Waals surface area contributed by atoms with E-state index in [1.54, 1.807) is 11.3 Å². The predicted molar refractivity (Wildman–Crippen MR) is 214 cm³/mol. The molecular weight excluding hydrogens is 728 g/mol. The number of amides is 4. The zero-order chi connectivity index (χ0) is 38.7. The van der Waals surface area contributed by atoms with Crippen molar-refractivity contribution in [2.45, 2.75) is 110 Å². The number of carbonyl (C=O) groups is 4.